The van der Waals surface area contributed by atoms with Crippen LogP contribution in [0.2, 0.25) is 0 Å². The molecular weight excluding hydrogens is 383 g/mol. The molecule has 1 spiro atoms. The zero-order valence-electron chi connectivity index (χ0n) is 15.7. The SMILES string of the molecule is Cl.Cl.O=C(CCc1nc2ccccc2[nH]1)N1CCCC2(CCNCC2)CC1. The van der Waals surface area contributed by atoms with E-state index in [1.54, 1.807) is 0 Å². The number of nitrogens with zero attached hydrogens (tertiary/aromatic N) is 2. The van der Waals surface area contributed by atoms with Crippen LogP contribution in [0.15, 0.2) is 24.3 Å². The van der Waals surface area contributed by atoms with Crippen molar-refractivity contribution >= 4 is 41.8 Å². The summed E-state index contributed by atoms with van der Waals surface area (Å²) in [6, 6.07) is 8.03. The summed E-state index contributed by atoms with van der Waals surface area (Å²) in [4.78, 5) is 22.7. The maximum absolute atomic E-state index is 12.7. The van der Waals surface area contributed by atoms with Crippen molar-refractivity contribution in [3.63, 3.8) is 0 Å². The fourth-order valence-corrected chi connectivity index (χ4v) is 4.47. The molecule has 4 rings (SSSR count). The highest BCUT2D eigenvalue weighted by molar-refractivity contribution is 5.85. The predicted octanol–water partition coefficient (Wildman–Crippen LogP) is 3.72. The number of hydrogen-bond donors (Lipinski definition) is 2. The van der Waals surface area contributed by atoms with Gasteiger partial charge in [0.25, 0.3) is 0 Å². The van der Waals surface area contributed by atoms with Crippen molar-refractivity contribution in [1.29, 1.82) is 0 Å². The van der Waals surface area contributed by atoms with E-state index in [0.29, 0.717) is 18.3 Å². The first kappa shape index (κ1) is 22.0. The summed E-state index contributed by atoms with van der Waals surface area (Å²) in [7, 11) is 0. The molecule has 2 saturated heterocycles. The average Bonchev–Trinajstić information content (AvgIpc) is 2.96. The Hall–Kier alpha value is -1.30. The van der Waals surface area contributed by atoms with Gasteiger partial charge >= 0.3 is 0 Å². The zero-order valence-corrected chi connectivity index (χ0v) is 17.3. The number of H-pyrrole nitrogens is 1. The van der Waals surface area contributed by atoms with Crippen LogP contribution in [-0.4, -0.2) is 47.0 Å². The van der Waals surface area contributed by atoms with Gasteiger partial charge in [-0.2, -0.15) is 0 Å². The second-order valence-electron chi connectivity index (χ2n) is 7.68. The van der Waals surface area contributed by atoms with Crippen LogP contribution >= 0.6 is 24.8 Å². The topological polar surface area (TPSA) is 61.0 Å². The van der Waals surface area contributed by atoms with Crippen LogP contribution in [0.5, 0.6) is 0 Å². The summed E-state index contributed by atoms with van der Waals surface area (Å²) in [6.07, 6.45) is 7.39. The van der Waals surface area contributed by atoms with Crippen molar-refractivity contribution in [2.24, 2.45) is 5.41 Å². The molecule has 2 fully saturated rings. The molecule has 2 aliphatic heterocycles. The largest absolute Gasteiger partial charge is 0.343 e. The standard InChI is InChI=1S/C20H28N4O.2ClH/c25-19(7-6-18-22-16-4-1-2-5-17(16)23-18)24-14-3-8-20(11-15-24)9-12-21-13-10-20;;/h1-2,4-5,21H,3,6-15H2,(H,22,23);2*1H. The molecule has 2 N–H and O–H groups in total. The Morgan fingerprint density at radius 2 is 1.85 bits per heavy atom. The van der Waals surface area contributed by atoms with E-state index in [1.807, 2.05) is 24.3 Å². The van der Waals surface area contributed by atoms with Crippen molar-refractivity contribution in [3.8, 4) is 0 Å². The molecule has 2 aliphatic rings. The van der Waals surface area contributed by atoms with Crippen molar-refractivity contribution < 1.29 is 4.79 Å². The van der Waals surface area contributed by atoms with Gasteiger partial charge in [0.05, 0.1) is 11.0 Å². The van der Waals surface area contributed by atoms with Crippen LogP contribution in [-0.2, 0) is 11.2 Å². The van der Waals surface area contributed by atoms with Crippen molar-refractivity contribution in [2.45, 2.75) is 44.9 Å². The van der Waals surface area contributed by atoms with Gasteiger partial charge in [0, 0.05) is 25.9 Å². The molecule has 0 saturated carbocycles. The normalized spacial score (nSPS) is 19.2. The van der Waals surface area contributed by atoms with Crippen LogP contribution in [0.3, 0.4) is 0 Å². The second-order valence-corrected chi connectivity index (χ2v) is 7.68. The summed E-state index contributed by atoms with van der Waals surface area (Å²) < 4.78 is 0. The van der Waals surface area contributed by atoms with E-state index in [-0.39, 0.29) is 30.7 Å². The Bertz CT molecular complexity index is 709. The van der Waals surface area contributed by atoms with Gasteiger partial charge in [0.2, 0.25) is 5.91 Å². The number of rotatable bonds is 3. The second kappa shape index (κ2) is 9.76. The summed E-state index contributed by atoms with van der Waals surface area (Å²) in [5, 5.41) is 3.47. The molecule has 27 heavy (non-hydrogen) atoms. The molecule has 1 aromatic carbocycles. The molecule has 5 nitrogen and oxygen atoms in total. The summed E-state index contributed by atoms with van der Waals surface area (Å²) in [5.41, 5.74) is 2.51. The molecule has 1 amide bonds. The Balaban J connectivity index is 0.00000131. The lowest BCUT2D eigenvalue weighted by molar-refractivity contribution is -0.131. The van der Waals surface area contributed by atoms with E-state index in [2.05, 4.69) is 20.2 Å². The highest BCUT2D eigenvalue weighted by Gasteiger charge is 2.34. The minimum Gasteiger partial charge on any atom is -0.343 e. The minimum atomic E-state index is 0. The number of imidazole rings is 1. The summed E-state index contributed by atoms with van der Waals surface area (Å²) in [6.45, 7) is 4.13. The Kier molecular flexibility index (Phi) is 7.95. The monoisotopic (exact) mass is 412 g/mol. The Morgan fingerprint density at radius 3 is 2.63 bits per heavy atom. The third-order valence-corrected chi connectivity index (χ3v) is 6.08. The van der Waals surface area contributed by atoms with E-state index < -0.39 is 0 Å². The molecule has 0 bridgehead atoms. The number of benzene rings is 1. The maximum Gasteiger partial charge on any atom is 0.223 e. The van der Waals surface area contributed by atoms with E-state index in [4.69, 9.17) is 0 Å². The van der Waals surface area contributed by atoms with Crippen molar-refractivity contribution in [2.75, 3.05) is 26.2 Å². The van der Waals surface area contributed by atoms with Gasteiger partial charge in [-0.25, -0.2) is 4.98 Å². The summed E-state index contributed by atoms with van der Waals surface area (Å²) >= 11 is 0. The number of para-hydroxylation sites is 2. The molecule has 0 aliphatic carbocycles. The van der Waals surface area contributed by atoms with Gasteiger partial charge in [0.1, 0.15) is 5.82 Å². The fourth-order valence-electron chi connectivity index (χ4n) is 4.47. The molecule has 1 aromatic heterocycles. The molecule has 2 aromatic rings. The number of amides is 1. The Morgan fingerprint density at radius 1 is 1.07 bits per heavy atom. The van der Waals surface area contributed by atoms with Crippen molar-refractivity contribution in [1.82, 2.24) is 20.2 Å². The van der Waals surface area contributed by atoms with Crippen LogP contribution in [0, 0.1) is 5.41 Å². The number of fused-ring (bicyclic) bond motifs is 1. The molecule has 0 radical (unpaired) electrons. The number of likely N-dealkylation sites (tertiary alicyclic amines) is 1. The van der Waals surface area contributed by atoms with E-state index >= 15 is 0 Å². The van der Waals surface area contributed by atoms with Crippen LogP contribution in [0.4, 0.5) is 0 Å². The Labute approximate surface area is 173 Å². The van der Waals surface area contributed by atoms with Crippen LogP contribution < -0.4 is 5.32 Å². The minimum absolute atomic E-state index is 0. The summed E-state index contributed by atoms with van der Waals surface area (Å²) in [5.74, 6) is 1.20. The first-order chi connectivity index (χ1) is 12.2. The van der Waals surface area contributed by atoms with E-state index in [0.717, 1.165) is 49.5 Å². The zero-order chi connectivity index (χ0) is 17.1. The number of aromatic amines is 1. The average molecular weight is 413 g/mol. The number of halogens is 2. The first-order valence-electron chi connectivity index (χ1n) is 9.66. The number of hydrogen-bond acceptors (Lipinski definition) is 3. The highest BCUT2D eigenvalue weighted by atomic mass is 35.5. The fraction of sp³-hybridized carbons (Fsp3) is 0.600. The predicted molar refractivity (Wildman–Crippen MR) is 114 cm³/mol. The molecule has 7 heteroatoms. The van der Waals surface area contributed by atoms with Gasteiger partial charge in [-0.3, -0.25) is 4.79 Å². The van der Waals surface area contributed by atoms with Crippen molar-refractivity contribution in [3.05, 3.63) is 30.1 Å². The maximum atomic E-state index is 12.7. The molecular formula is C20H30Cl2N4O. The number of aromatic nitrogens is 2. The number of carbonyl (C=O) groups is 1. The van der Waals surface area contributed by atoms with E-state index in [1.165, 1.54) is 25.7 Å². The van der Waals surface area contributed by atoms with Gasteiger partial charge < -0.3 is 15.2 Å². The molecule has 0 unspecified atom stereocenters. The lowest BCUT2D eigenvalue weighted by Gasteiger charge is -2.37. The van der Waals surface area contributed by atoms with Gasteiger partial charge in [-0.15, -0.1) is 24.8 Å². The smallest absolute Gasteiger partial charge is 0.223 e. The molecule has 0 atom stereocenters. The highest BCUT2D eigenvalue weighted by Crippen LogP contribution is 2.39. The first-order valence-corrected chi connectivity index (χ1v) is 9.66. The number of aryl methyl sites for hydroxylation is 1. The van der Waals surface area contributed by atoms with Gasteiger partial charge in [-0.05, 0) is 62.7 Å². The third-order valence-electron chi connectivity index (χ3n) is 6.08. The van der Waals surface area contributed by atoms with Gasteiger partial charge in [-0.1, -0.05) is 12.1 Å². The van der Waals surface area contributed by atoms with Gasteiger partial charge in [0.15, 0.2) is 0 Å². The molecule has 150 valence electrons. The number of carbonyl (C=O) groups excluding carboxylic acids is 1. The van der Waals surface area contributed by atoms with Crippen LogP contribution in [0.1, 0.15) is 44.3 Å². The molecule has 3 heterocycles. The van der Waals surface area contributed by atoms with E-state index in [9.17, 15) is 4.79 Å². The number of nitrogens with one attached hydrogen (secondary N) is 2. The quantitative estimate of drug-likeness (QED) is 0.806. The van der Waals surface area contributed by atoms with Crippen LogP contribution in [0.25, 0.3) is 11.0 Å². The lowest BCUT2D eigenvalue weighted by atomic mass is 9.73. The number of piperidine rings is 1. The third kappa shape index (κ3) is 5.15. The lowest BCUT2D eigenvalue weighted by Crippen LogP contribution is -2.38.